The first-order chi connectivity index (χ1) is 7.76. The van der Waals surface area contributed by atoms with Crippen molar-refractivity contribution in [1.29, 1.82) is 0 Å². The number of hydrogen-bond donors (Lipinski definition) is 2. The van der Waals surface area contributed by atoms with E-state index in [9.17, 15) is 5.11 Å². The molecule has 0 bridgehead atoms. The zero-order valence-corrected chi connectivity index (χ0v) is 9.64. The minimum atomic E-state index is 0.136. The molecular formula is C12H17N3O. The highest BCUT2D eigenvalue weighted by Gasteiger charge is 2.10. The van der Waals surface area contributed by atoms with Crippen LogP contribution in [0.15, 0.2) is 24.5 Å². The summed E-state index contributed by atoms with van der Waals surface area (Å²) in [7, 11) is 3.87. The van der Waals surface area contributed by atoms with E-state index in [2.05, 4.69) is 22.4 Å². The van der Waals surface area contributed by atoms with Crippen LogP contribution in [0.2, 0.25) is 0 Å². The van der Waals surface area contributed by atoms with E-state index in [4.69, 9.17) is 0 Å². The molecule has 4 nitrogen and oxygen atoms in total. The quantitative estimate of drug-likeness (QED) is 0.802. The Morgan fingerprint density at radius 2 is 2.31 bits per heavy atom. The minimum absolute atomic E-state index is 0.136. The van der Waals surface area contributed by atoms with Gasteiger partial charge in [-0.25, -0.2) is 4.98 Å². The van der Waals surface area contributed by atoms with Crippen LogP contribution in [0, 0.1) is 0 Å². The number of imidazole rings is 1. The monoisotopic (exact) mass is 219 g/mol. The summed E-state index contributed by atoms with van der Waals surface area (Å²) in [5.41, 5.74) is 3.22. The van der Waals surface area contributed by atoms with Gasteiger partial charge in [0.1, 0.15) is 0 Å². The van der Waals surface area contributed by atoms with Gasteiger partial charge in [0.05, 0.1) is 24.0 Å². The first-order valence-corrected chi connectivity index (χ1v) is 5.42. The fourth-order valence-electron chi connectivity index (χ4n) is 1.94. The van der Waals surface area contributed by atoms with Crippen molar-refractivity contribution in [3.05, 3.63) is 30.1 Å². The first-order valence-electron chi connectivity index (χ1n) is 5.42. The number of rotatable bonds is 4. The van der Waals surface area contributed by atoms with Crippen LogP contribution in [0.25, 0.3) is 11.0 Å². The maximum atomic E-state index is 9.32. The number of aliphatic hydroxyl groups excluding tert-OH is 1. The van der Waals surface area contributed by atoms with Crippen molar-refractivity contribution in [1.82, 2.24) is 14.9 Å². The van der Waals surface area contributed by atoms with Crippen molar-refractivity contribution >= 4 is 11.0 Å². The van der Waals surface area contributed by atoms with E-state index in [1.807, 2.05) is 24.7 Å². The predicted octanol–water partition coefficient (Wildman–Crippen LogP) is 0.869. The van der Waals surface area contributed by atoms with E-state index in [-0.39, 0.29) is 12.5 Å². The molecule has 2 rings (SSSR count). The molecule has 2 N–H and O–H groups in total. The second kappa shape index (κ2) is 4.63. The molecule has 1 heterocycles. The summed E-state index contributed by atoms with van der Waals surface area (Å²) < 4.78 is 1.99. The summed E-state index contributed by atoms with van der Waals surface area (Å²) in [5, 5.41) is 12.4. The summed E-state index contributed by atoms with van der Waals surface area (Å²) >= 11 is 0. The van der Waals surface area contributed by atoms with Crippen molar-refractivity contribution in [3.63, 3.8) is 0 Å². The van der Waals surface area contributed by atoms with Crippen LogP contribution < -0.4 is 5.32 Å². The Balaban J connectivity index is 2.37. The Labute approximate surface area is 94.9 Å². The number of aromatic nitrogens is 2. The Morgan fingerprint density at radius 1 is 1.50 bits per heavy atom. The van der Waals surface area contributed by atoms with Crippen LogP contribution in [0.1, 0.15) is 11.5 Å². The maximum absolute atomic E-state index is 9.32. The van der Waals surface area contributed by atoms with E-state index in [0.29, 0.717) is 0 Å². The molecule has 0 saturated carbocycles. The van der Waals surface area contributed by atoms with Crippen molar-refractivity contribution < 1.29 is 5.11 Å². The minimum Gasteiger partial charge on any atom is -0.396 e. The van der Waals surface area contributed by atoms with Gasteiger partial charge >= 0.3 is 0 Å². The second-order valence-corrected chi connectivity index (χ2v) is 4.04. The molecule has 0 saturated heterocycles. The lowest BCUT2D eigenvalue weighted by molar-refractivity contribution is 0.263. The number of hydrogen-bond acceptors (Lipinski definition) is 3. The van der Waals surface area contributed by atoms with Crippen LogP contribution in [-0.2, 0) is 7.05 Å². The molecule has 0 fully saturated rings. The standard InChI is InChI=1S/C12H17N3O/c1-13-6-10(7-16)9-3-4-12-11(5-9)14-8-15(12)2/h3-5,8,10,13,16H,6-7H2,1-2H3. The number of fused-ring (bicyclic) bond motifs is 1. The first kappa shape index (κ1) is 11.1. The molecule has 2 aromatic rings. The molecule has 0 aliphatic heterocycles. The molecule has 16 heavy (non-hydrogen) atoms. The van der Waals surface area contributed by atoms with E-state index in [0.717, 1.165) is 23.1 Å². The fourth-order valence-corrected chi connectivity index (χ4v) is 1.94. The summed E-state index contributed by atoms with van der Waals surface area (Å²) in [4.78, 5) is 4.32. The van der Waals surface area contributed by atoms with Gasteiger partial charge in [0, 0.05) is 19.5 Å². The van der Waals surface area contributed by atoms with Gasteiger partial charge < -0.3 is 15.0 Å². The molecule has 1 unspecified atom stereocenters. The SMILES string of the molecule is CNCC(CO)c1ccc2c(c1)ncn2C. The molecule has 1 aromatic heterocycles. The molecule has 1 atom stereocenters. The highest BCUT2D eigenvalue weighted by Crippen LogP contribution is 2.20. The molecule has 0 aliphatic rings. The average Bonchev–Trinajstić information content (AvgIpc) is 2.67. The molecule has 0 spiro atoms. The summed E-state index contributed by atoms with van der Waals surface area (Å²) in [5.74, 6) is 0.136. The normalized spacial score (nSPS) is 13.2. The summed E-state index contributed by atoms with van der Waals surface area (Å²) in [6.45, 7) is 0.925. The van der Waals surface area contributed by atoms with Crippen LogP contribution in [0.5, 0.6) is 0 Å². The smallest absolute Gasteiger partial charge is 0.0955 e. The van der Waals surface area contributed by atoms with Gasteiger partial charge in [0.15, 0.2) is 0 Å². The predicted molar refractivity (Wildman–Crippen MR) is 64.5 cm³/mol. The number of aliphatic hydroxyl groups is 1. The van der Waals surface area contributed by atoms with Gasteiger partial charge in [0.25, 0.3) is 0 Å². The summed E-state index contributed by atoms with van der Waals surface area (Å²) in [6.07, 6.45) is 1.81. The zero-order chi connectivity index (χ0) is 11.5. The van der Waals surface area contributed by atoms with E-state index in [1.54, 1.807) is 6.33 Å². The van der Waals surface area contributed by atoms with Gasteiger partial charge in [-0.3, -0.25) is 0 Å². The van der Waals surface area contributed by atoms with Crippen molar-refractivity contribution in [2.75, 3.05) is 20.2 Å². The van der Waals surface area contributed by atoms with Crippen LogP contribution in [0.4, 0.5) is 0 Å². The van der Waals surface area contributed by atoms with E-state index >= 15 is 0 Å². The number of nitrogens with one attached hydrogen (secondary N) is 1. The van der Waals surface area contributed by atoms with E-state index < -0.39 is 0 Å². The molecule has 4 heteroatoms. The Hall–Kier alpha value is -1.39. The molecular weight excluding hydrogens is 202 g/mol. The second-order valence-electron chi connectivity index (χ2n) is 4.04. The number of aryl methyl sites for hydroxylation is 1. The Kier molecular flexibility index (Phi) is 3.22. The van der Waals surface area contributed by atoms with Crippen LogP contribution in [-0.4, -0.2) is 34.9 Å². The highest BCUT2D eigenvalue weighted by molar-refractivity contribution is 5.76. The third-order valence-corrected chi connectivity index (χ3v) is 2.89. The van der Waals surface area contributed by atoms with Gasteiger partial charge in [-0.05, 0) is 24.7 Å². The highest BCUT2D eigenvalue weighted by atomic mass is 16.3. The van der Waals surface area contributed by atoms with E-state index in [1.165, 1.54) is 0 Å². The number of likely N-dealkylation sites (N-methyl/N-ethyl adjacent to an activating group) is 1. The maximum Gasteiger partial charge on any atom is 0.0955 e. The molecule has 0 radical (unpaired) electrons. The lowest BCUT2D eigenvalue weighted by Gasteiger charge is -2.13. The third-order valence-electron chi connectivity index (χ3n) is 2.89. The van der Waals surface area contributed by atoms with Crippen molar-refractivity contribution in [2.45, 2.75) is 5.92 Å². The Morgan fingerprint density at radius 3 is 3.00 bits per heavy atom. The number of nitrogens with zero attached hydrogens (tertiary/aromatic N) is 2. The largest absolute Gasteiger partial charge is 0.396 e. The fraction of sp³-hybridized carbons (Fsp3) is 0.417. The molecule has 1 aromatic carbocycles. The number of benzene rings is 1. The average molecular weight is 219 g/mol. The van der Waals surface area contributed by atoms with Crippen LogP contribution in [0.3, 0.4) is 0 Å². The third kappa shape index (κ3) is 1.94. The van der Waals surface area contributed by atoms with Gasteiger partial charge in [-0.1, -0.05) is 6.07 Å². The lowest BCUT2D eigenvalue weighted by Crippen LogP contribution is -2.19. The van der Waals surface area contributed by atoms with Crippen LogP contribution >= 0.6 is 0 Å². The molecule has 0 amide bonds. The van der Waals surface area contributed by atoms with Gasteiger partial charge in [-0.2, -0.15) is 0 Å². The van der Waals surface area contributed by atoms with Crippen molar-refractivity contribution in [3.8, 4) is 0 Å². The summed E-state index contributed by atoms with van der Waals surface area (Å²) in [6, 6.07) is 6.16. The zero-order valence-electron chi connectivity index (χ0n) is 9.64. The van der Waals surface area contributed by atoms with Crippen molar-refractivity contribution in [2.24, 2.45) is 7.05 Å². The Bertz CT molecular complexity index is 478. The lowest BCUT2D eigenvalue weighted by atomic mass is 9.99. The molecule has 0 aliphatic carbocycles. The molecule has 86 valence electrons. The van der Waals surface area contributed by atoms with Gasteiger partial charge in [-0.15, -0.1) is 0 Å². The topological polar surface area (TPSA) is 50.1 Å². The van der Waals surface area contributed by atoms with Gasteiger partial charge in [0.2, 0.25) is 0 Å².